The van der Waals surface area contributed by atoms with E-state index in [9.17, 15) is 20.3 Å². The zero-order valence-corrected chi connectivity index (χ0v) is 22.4. The lowest BCUT2D eigenvalue weighted by molar-refractivity contribution is -0.384. The Bertz CT molecular complexity index is 1310. The van der Waals surface area contributed by atoms with Crippen molar-refractivity contribution in [3.05, 3.63) is 142 Å². The van der Waals surface area contributed by atoms with Crippen molar-refractivity contribution < 1.29 is 34.1 Å². The molecule has 0 radical (unpaired) electrons. The summed E-state index contributed by atoms with van der Waals surface area (Å²) in [6, 6.07) is 34.8. The number of ether oxygens (including phenoxy) is 4. The van der Waals surface area contributed by atoms with Crippen molar-refractivity contribution in [3.8, 4) is 5.75 Å². The fourth-order valence-electron chi connectivity index (χ4n) is 5.17. The minimum absolute atomic E-state index is 0.0907. The fourth-order valence-corrected chi connectivity index (χ4v) is 5.17. The molecule has 41 heavy (non-hydrogen) atoms. The Hall–Kier alpha value is -4.12. The summed E-state index contributed by atoms with van der Waals surface area (Å²) in [6.07, 6.45) is -5.82. The van der Waals surface area contributed by atoms with Crippen molar-refractivity contribution in [3.63, 3.8) is 0 Å². The predicted octanol–water partition coefficient (Wildman–Crippen LogP) is 4.44. The molecule has 9 heteroatoms. The summed E-state index contributed by atoms with van der Waals surface area (Å²) in [5, 5.41) is 33.1. The monoisotopic (exact) mass is 557 g/mol. The molecule has 4 aromatic rings. The Balaban J connectivity index is 1.47. The Morgan fingerprint density at radius 2 is 1.27 bits per heavy atom. The number of methoxy groups -OCH3 is 1. The van der Waals surface area contributed by atoms with Crippen LogP contribution >= 0.6 is 0 Å². The largest absolute Gasteiger partial charge is 0.462 e. The quantitative estimate of drug-likeness (QED) is 0.167. The van der Waals surface area contributed by atoms with Crippen LogP contribution < -0.4 is 4.74 Å². The van der Waals surface area contributed by atoms with Gasteiger partial charge in [-0.25, -0.2) is 0 Å². The molecule has 1 heterocycles. The maximum atomic E-state index is 11.2. The van der Waals surface area contributed by atoms with E-state index in [1.54, 1.807) is 0 Å². The second-order valence-corrected chi connectivity index (χ2v) is 9.68. The lowest BCUT2D eigenvalue weighted by atomic mass is 9.80. The predicted molar refractivity (Wildman–Crippen MR) is 150 cm³/mol. The summed E-state index contributed by atoms with van der Waals surface area (Å²) in [5.74, 6) is 0.248. The van der Waals surface area contributed by atoms with E-state index in [0.717, 1.165) is 16.7 Å². The molecular weight excluding hydrogens is 526 g/mol. The van der Waals surface area contributed by atoms with Gasteiger partial charge in [-0.2, -0.15) is 0 Å². The van der Waals surface area contributed by atoms with Gasteiger partial charge in [0.1, 0.15) is 35.8 Å². The number of hydrogen-bond acceptors (Lipinski definition) is 8. The first-order chi connectivity index (χ1) is 19.9. The smallest absolute Gasteiger partial charge is 0.269 e. The molecule has 1 aliphatic heterocycles. The van der Waals surface area contributed by atoms with Gasteiger partial charge in [0.05, 0.1) is 11.5 Å². The molecule has 5 atom stereocenters. The number of non-ortho nitro benzene ring substituents is 1. The summed E-state index contributed by atoms with van der Waals surface area (Å²) >= 11 is 0. The topological polar surface area (TPSA) is 121 Å². The van der Waals surface area contributed by atoms with E-state index in [4.69, 9.17) is 18.9 Å². The molecule has 0 amide bonds. The average molecular weight is 558 g/mol. The van der Waals surface area contributed by atoms with Gasteiger partial charge in [-0.1, -0.05) is 91.0 Å². The lowest BCUT2D eigenvalue weighted by Crippen LogP contribution is -2.61. The zero-order chi connectivity index (χ0) is 28.8. The Morgan fingerprint density at radius 3 is 1.71 bits per heavy atom. The van der Waals surface area contributed by atoms with Gasteiger partial charge >= 0.3 is 0 Å². The van der Waals surface area contributed by atoms with Crippen molar-refractivity contribution in [2.24, 2.45) is 0 Å². The third-order valence-electron chi connectivity index (χ3n) is 7.22. The molecule has 4 aromatic carbocycles. The van der Waals surface area contributed by atoms with Gasteiger partial charge < -0.3 is 29.2 Å². The molecule has 5 rings (SSSR count). The molecule has 1 fully saturated rings. The third-order valence-corrected chi connectivity index (χ3v) is 7.22. The molecule has 1 aliphatic rings. The van der Waals surface area contributed by atoms with Gasteiger partial charge in [-0.05, 0) is 28.8 Å². The molecule has 0 spiro atoms. The van der Waals surface area contributed by atoms with Crippen LogP contribution in [0.5, 0.6) is 5.75 Å². The second-order valence-electron chi connectivity index (χ2n) is 9.68. The highest BCUT2D eigenvalue weighted by atomic mass is 16.7. The highest BCUT2D eigenvalue weighted by molar-refractivity contribution is 5.47. The van der Waals surface area contributed by atoms with Crippen molar-refractivity contribution >= 4 is 5.69 Å². The van der Waals surface area contributed by atoms with Crippen LogP contribution in [-0.4, -0.2) is 59.6 Å². The van der Waals surface area contributed by atoms with Crippen LogP contribution in [0.2, 0.25) is 0 Å². The molecule has 1 saturated heterocycles. The summed E-state index contributed by atoms with van der Waals surface area (Å²) in [6.45, 7) is -0.0907. The summed E-state index contributed by atoms with van der Waals surface area (Å²) in [4.78, 5) is 10.5. The minimum Gasteiger partial charge on any atom is -0.462 e. The van der Waals surface area contributed by atoms with Crippen LogP contribution in [0.1, 0.15) is 16.7 Å². The van der Waals surface area contributed by atoms with Crippen LogP contribution in [0.4, 0.5) is 5.69 Å². The molecule has 0 saturated carbocycles. The van der Waals surface area contributed by atoms with Crippen molar-refractivity contribution in [1.82, 2.24) is 0 Å². The van der Waals surface area contributed by atoms with Crippen LogP contribution in [0.15, 0.2) is 115 Å². The normalized spacial score (nSPS) is 22.7. The van der Waals surface area contributed by atoms with Crippen LogP contribution in [0, 0.1) is 10.1 Å². The maximum Gasteiger partial charge on any atom is 0.269 e. The van der Waals surface area contributed by atoms with Crippen LogP contribution in [-0.2, 0) is 19.8 Å². The molecule has 0 unspecified atom stereocenters. The second kappa shape index (κ2) is 12.6. The van der Waals surface area contributed by atoms with Gasteiger partial charge in [0.25, 0.3) is 5.69 Å². The third kappa shape index (κ3) is 5.85. The highest BCUT2D eigenvalue weighted by Gasteiger charge is 2.48. The fraction of sp³-hybridized carbons (Fsp3) is 0.250. The maximum absolute atomic E-state index is 11.2. The summed E-state index contributed by atoms with van der Waals surface area (Å²) in [5.41, 5.74) is 1.48. The molecular formula is C32H31NO8. The molecule has 9 nitrogen and oxygen atoms in total. The molecule has 212 valence electrons. The van der Waals surface area contributed by atoms with E-state index < -0.39 is 41.2 Å². The molecule has 0 aromatic heterocycles. The highest BCUT2D eigenvalue weighted by Crippen LogP contribution is 2.41. The standard InChI is InChI=1S/C32H31NO8/c1-38-30-28(34)27(41-31(29(30)35)40-26-19-17-25(18-20-26)33(36)37)21-39-32(22-11-5-2-6-12-22,23-13-7-3-8-14-23)24-15-9-4-10-16-24/h2-20,27-31,34-35H,21H2,1H3/t27-,28-,29+,30+,31+/m1/s1. The number of nitro benzene ring substituents is 1. The van der Waals surface area contributed by atoms with Gasteiger partial charge in [0.2, 0.25) is 6.29 Å². The zero-order valence-electron chi connectivity index (χ0n) is 22.4. The van der Waals surface area contributed by atoms with Crippen LogP contribution in [0.3, 0.4) is 0 Å². The number of hydrogen-bond donors (Lipinski definition) is 2. The molecule has 0 aliphatic carbocycles. The van der Waals surface area contributed by atoms with Gasteiger partial charge in [-0.15, -0.1) is 0 Å². The first kappa shape index (κ1) is 28.4. The van der Waals surface area contributed by atoms with Crippen molar-refractivity contribution in [1.29, 1.82) is 0 Å². The summed E-state index contributed by atoms with van der Waals surface area (Å²) < 4.78 is 24.2. The van der Waals surface area contributed by atoms with E-state index in [1.807, 2.05) is 91.0 Å². The number of benzene rings is 4. The first-order valence-electron chi connectivity index (χ1n) is 13.2. The van der Waals surface area contributed by atoms with Gasteiger partial charge in [0.15, 0.2) is 0 Å². The first-order valence-corrected chi connectivity index (χ1v) is 13.2. The number of aliphatic hydroxyl groups excluding tert-OH is 2. The van der Waals surface area contributed by atoms with Crippen molar-refractivity contribution in [2.45, 2.75) is 36.3 Å². The Kier molecular flexibility index (Phi) is 8.72. The molecule has 0 bridgehead atoms. The van der Waals surface area contributed by atoms with Crippen molar-refractivity contribution in [2.75, 3.05) is 13.7 Å². The molecule has 2 N–H and O–H groups in total. The Labute approximate surface area is 237 Å². The van der Waals surface area contributed by atoms with Crippen LogP contribution in [0.25, 0.3) is 0 Å². The summed E-state index contributed by atoms with van der Waals surface area (Å²) in [7, 11) is 1.38. The average Bonchev–Trinajstić information content (AvgIpc) is 3.01. The van der Waals surface area contributed by atoms with E-state index in [1.165, 1.54) is 31.4 Å². The lowest BCUT2D eigenvalue weighted by Gasteiger charge is -2.43. The van der Waals surface area contributed by atoms with Gasteiger partial charge in [0, 0.05) is 19.2 Å². The van der Waals surface area contributed by atoms with E-state index in [0.29, 0.717) is 0 Å². The Morgan fingerprint density at radius 1 is 0.780 bits per heavy atom. The van der Waals surface area contributed by atoms with E-state index in [2.05, 4.69) is 0 Å². The minimum atomic E-state index is -1.34. The number of nitrogens with zero attached hydrogens (tertiary/aromatic N) is 1. The number of rotatable bonds is 10. The number of nitro groups is 1. The van der Waals surface area contributed by atoms with E-state index in [-0.39, 0.29) is 18.0 Å². The van der Waals surface area contributed by atoms with E-state index >= 15 is 0 Å². The van der Waals surface area contributed by atoms with Gasteiger partial charge in [-0.3, -0.25) is 10.1 Å². The number of aliphatic hydroxyl groups is 2. The SMILES string of the molecule is CO[C@@H]1[C@H](O)[C@@H](Oc2ccc([N+](=O)[O-])cc2)O[C@H](COC(c2ccccc2)(c2ccccc2)c2ccccc2)[C@H]1O.